The van der Waals surface area contributed by atoms with Crippen molar-refractivity contribution >= 4 is 33.3 Å². The molecule has 28 heavy (non-hydrogen) atoms. The van der Waals surface area contributed by atoms with Crippen LogP contribution >= 0.6 is 0 Å². The van der Waals surface area contributed by atoms with E-state index in [0.29, 0.717) is 24.3 Å². The van der Waals surface area contributed by atoms with Crippen LogP contribution in [0.3, 0.4) is 0 Å². The second-order valence-corrected chi connectivity index (χ2v) is 8.64. The van der Waals surface area contributed by atoms with E-state index in [1.807, 2.05) is 19.9 Å². The Morgan fingerprint density at radius 1 is 1.07 bits per heavy atom. The molecule has 1 heterocycles. The fourth-order valence-corrected chi connectivity index (χ4v) is 4.49. The highest BCUT2D eigenvalue weighted by molar-refractivity contribution is 7.92. The molecule has 0 saturated heterocycles. The predicted octanol–water partition coefficient (Wildman–Crippen LogP) is 2.86. The Morgan fingerprint density at radius 2 is 1.75 bits per heavy atom. The van der Waals surface area contributed by atoms with Gasteiger partial charge in [0.05, 0.1) is 11.3 Å². The van der Waals surface area contributed by atoms with E-state index in [1.165, 1.54) is 11.0 Å². The number of sulfonamides is 1. The lowest BCUT2D eigenvalue weighted by atomic mass is 10.1. The Kier molecular flexibility index (Phi) is 5.42. The minimum atomic E-state index is -3.76. The molecule has 8 heteroatoms. The van der Waals surface area contributed by atoms with Crippen molar-refractivity contribution in [2.24, 2.45) is 0 Å². The summed E-state index contributed by atoms with van der Waals surface area (Å²) in [6.07, 6.45) is 0.223. The molecule has 1 aliphatic rings. The Morgan fingerprint density at radius 3 is 2.39 bits per heavy atom. The summed E-state index contributed by atoms with van der Waals surface area (Å²) in [5.41, 5.74) is 3.82. The van der Waals surface area contributed by atoms with Crippen molar-refractivity contribution in [1.29, 1.82) is 0 Å². The Bertz CT molecular complexity index is 1030. The second kappa shape index (κ2) is 7.63. The quantitative estimate of drug-likeness (QED) is 0.773. The lowest BCUT2D eigenvalue weighted by Crippen LogP contribution is -2.29. The zero-order chi connectivity index (χ0) is 20.5. The lowest BCUT2D eigenvalue weighted by molar-refractivity contribution is -0.138. The van der Waals surface area contributed by atoms with Crippen LogP contribution in [0.15, 0.2) is 41.3 Å². The van der Waals surface area contributed by atoms with Gasteiger partial charge in [0, 0.05) is 24.3 Å². The molecule has 0 atom stereocenters. The molecule has 2 aromatic carbocycles. The van der Waals surface area contributed by atoms with Crippen LogP contribution in [0.2, 0.25) is 0 Å². The van der Waals surface area contributed by atoms with Crippen LogP contribution in [0.5, 0.6) is 0 Å². The summed E-state index contributed by atoms with van der Waals surface area (Å²) in [5.74, 6) is -1.29. The van der Waals surface area contributed by atoms with Crippen molar-refractivity contribution in [1.82, 2.24) is 0 Å². The Labute approximate surface area is 164 Å². The number of fused-ring (bicyclic) bond motifs is 1. The van der Waals surface area contributed by atoms with Crippen molar-refractivity contribution in [2.75, 3.05) is 16.2 Å². The number of nitrogens with one attached hydrogen (secondary N) is 1. The summed E-state index contributed by atoms with van der Waals surface area (Å²) in [7, 11) is -3.76. The van der Waals surface area contributed by atoms with E-state index in [-0.39, 0.29) is 23.6 Å². The van der Waals surface area contributed by atoms with Crippen molar-refractivity contribution in [2.45, 2.75) is 38.0 Å². The average molecular weight is 402 g/mol. The molecule has 0 radical (unpaired) electrons. The number of anilines is 2. The third kappa shape index (κ3) is 4.33. The van der Waals surface area contributed by atoms with Gasteiger partial charge in [-0.15, -0.1) is 0 Å². The number of aliphatic carboxylic acids is 1. The number of hydrogen-bond acceptors (Lipinski definition) is 4. The van der Waals surface area contributed by atoms with E-state index in [9.17, 15) is 18.0 Å². The number of carboxylic acids is 1. The third-order valence-electron chi connectivity index (χ3n) is 4.58. The summed E-state index contributed by atoms with van der Waals surface area (Å²) in [5, 5.41) is 8.74. The fourth-order valence-electron chi connectivity index (χ4n) is 3.40. The van der Waals surface area contributed by atoms with E-state index in [2.05, 4.69) is 4.72 Å². The number of benzene rings is 2. The lowest BCUT2D eigenvalue weighted by Gasteiger charge is -2.17. The zero-order valence-electron chi connectivity index (χ0n) is 15.7. The molecule has 0 unspecified atom stereocenters. The highest BCUT2D eigenvalue weighted by Gasteiger charge is 2.27. The van der Waals surface area contributed by atoms with Gasteiger partial charge in [0.25, 0.3) is 10.0 Å². The molecule has 0 aromatic heterocycles. The van der Waals surface area contributed by atoms with Crippen molar-refractivity contribution in [3.05, 3.63) is 53.1 Å². The highest BCUT2D eigenvalue weighted by atomic mass is 32.2. The molecule has 0 bridgehead atoms. The molecule has 1 aliphatic heterocycles. The van der Waals surface area contributed by atoms with Gasteiger partial charge in [-0.3, -0.25) is 14.3 Å². The third-order valence-corrected chi connectivity index (χ3v) is 5.96. The maximum atomic E-state index is 12.8. The topological polar surface area (TPSA) is 104 Å². The molecule has 7 nitrogen and oxygen atoms in total. The number of rotatable bonds is 6. The standard InChI is InChI=1S/C20H22N2O5S/c1-13-9-14(2)11-16(10-13)21-28(26,27)17-3-4-18-15(12-17)7-8-22(18)19(23)5-6-20(24)25/h3-4,9-12,21H,5-8H2,1-2H3,(H,24,25). The van der Waals surface area contributed by atoms with E-state index < -0.39 is 16.0 Å². The minimum absolute atomic E-state index is 0.0803. The highest BCUT2D eigenvalue weighted by Crippen LogP contribution is 2.31. The normalized spacial score (nSPS) is 13.3. The van der Waals surface area contributed by atoms with Gasteiger partial charge >= 0.3 is 5.97 Å². The summed E-state index contributed by atoms with van der Waals surface area (Å²) in [6.45, 7) is 4.22. The smallest absolute Gasteiger partial charge is 0.303 e. The van der Waals surface area contributed by atoms with E-state index in [4.69, 9.17) is 5.11 Å². The number of carboxylic acid groups (broad SMARTS) is 1. The molecule has 3 rings (SSSR count). The van der Waals surface area contributed by atoms with Crippen molar-refractivity contribution < 1.29 is 23.1 Å². The first-order valence-corrected chi connectivity index (χ1v) is 10.4. The molecule has 0 spiro atoms. The molecule has 2 aromatic rings. The molecular weight excluding hydrogens is 380 g/mol. The number of aryl methyl sites for hydroxylation is 2. The van der Waals surface area contributed by atoms with Crippen LogP contribution in [-0.2, 0) is 26.0 Å². The van der Waals surface area contributed by atoms with E-state index in [0.717, 1.165) is 16.7 Å². The summed E-state index contributed by atoms with van der Waals surface area (Å²) in [4.78, 5) is 24.5. The Balaban J connectivity index is 1.81. The van der Waals surface area contributed by atoms with Gasteiger partial charge in [-0.2, -0.15) is 0 Å². The van der Waals surface area contributed by atoms with Gasteiger partial charge in [-0.25, -0.2) is 8.42 Å². The van der Waals surface area contributed by atoms with Crippen LogP contribution in [-0.4, -0.2) is 31.9 Å². The van der Waals surface area contributed by atoms with Crippen LogP contribution < -0.4 is 9.62 Å². The molecule has 148 valence electrons. The van der Waals surface area contributed by atoms with Gasteiger partial charge in [0.15, 0.2) is 0 Å². The number of nitrogens with zero attached hydrogens (tertiary/aromatic N) is 1. The number of carbonyl (C=O) groups is 2. The molecule has 0 fully saturated rings. The SMILES string of the molecule is Cc1cc(C)cc(NS(=O)(=O)c2ccc3c(c2)CCN3C(=O)CCC(=O)O)c1. The Hall–Kier alpha value is -2.87. The first-order valence-electron chi connectivity index (χ1n) is 8.92. The molecule has 0 aliphatic carbocycles. The number of hydrogen-bond donors (Lipinski definition) is 2. The zero-order valence-corrected chi connectivity index (χ0v) is 16.5. The fraction of sp³-hybridized carbons (Fsp3) is 0.300. The van der Waals surface area contributed by atoms with Crippen molar-refractivity contribution in [3.63, 3.8) is 0 Å². The van der Waals surface area contributed by atoms with Crippen LogP contribution in [0, 0.1) is 13.8 Å². The first-order chi connectivity index (χ1) is 13.2. The van der Waals surface area contributed by atoms with Crippen LogP contribution in [0.1, 0.15) is 29.5 Å². The van der Waals surface area contributed by atoms with Crippen molar-refractivity contribution in [3.8, 4) is 0 Å². The summed E-state index contributed by atoms with van der Waals surface area (Å²) in [6, 6.07) is 10.1. The van der Waals surface area contributed by atoms with E-state index >= 15 is 0 Å². The first kappa shape index (κ1) is 19.9. The molecule has 2 N–H and O–H groups in total. The average Bonchev–Trinajstić information content (AvgIpc) is 3.01. The number of amides is 1. The minimum Gasteiger partial charge on any atom is -0.481 e. The van der Waals surface area contributed by atoms with Gasteiger partial charge in [-0.1, -0.05) is 6.07 Å². The van der Waals surface area contributed by atoms with Gasteiger partial charge in [0.2, 0.25) is 5.91 Å². The molecule has 0 saturated carbocycles. The molecule has 1 amide bonds. The second-order valence-electron chi connectivity index (χ2n) is 6.96. The van der Waals surface area contributed by atoms with E-state index in [1.54, 1.807) is 24.3 Å². The summed E-state index contributed by atoms with van der Waals surface area (Å²) < 4.78 is 28.1. The number of carbonyl (C=O) groups excluding carboxylic acids is 1. The van der Waals surface area contributed by atoms with Crippen LogP contribution in [0.4, 0.5) is 11.4 Å². The molecular formula is C20H22N2O5S. The monoisotopic (exact) mass is 402 g/mol. The largest absolute Gasteiger partial charge is 0.481 e. The van der Waals surface area contributed by atoms with Crippen LogP contribution in [0.25, 0.3) is 0 Å². The van der Waals surface area contributed by atoms with Gasteiger partial charge in [0.1, 0.15) is 0 Å². The maximum Gasteiger partial charge on any atom is 0.303 e. The maximum absolute atomic E-state index is 12.8. The van der Waals surface area contributed by atoms with Gasteiger partial charge < -0.3 is 10.0 Å². The van der Waals surface area contributed by atoms with Gasteiger partial charge in [-0.05, 0) is 67.3 Å². The summed E-state index contributed by atoms with van der Waals surface area (Å²) >= 11 is 0. The predicted molar refractivity (Wildman–Crippen MR) is 106 cm³/mol.